The van der Waals surface area contributed by atoms with E-state index in [9.17, 15) is 13.6 Å². The summed E-state index contributed by atoms with van der Waals surface area (Å²) in [5.74, 6) is 0.148. The monoisotopic (exact) mass is 401 g/mol. The van der Waals surface area contributed by atoms with Crippen LogP contribution in [-0.4, -0.2) is 26.7 Å². The molecular formula is C16H14BrF2NO4. The molecule has 0 bridgehead atoms. The van der Waals surface area contributed by atoms with Crippen molar-refractivity contribution in [3.63, 3.8) is 0 Å². The zero-order chi connectivity index (χ0) is 17.7. The number of halogens is 3. The molecule has 0 spiro atoms. The number of carbonyl (C=O) groups excluding carboxylic acids is 1. The Kier molecular flexibility index (Phi) is 5.97. The van der Waals surface area contributed by atoms with Crippen LogP contribution in [0.4, 0.5) is 14.5 Å². The van der Waals surface area contributed by atoms with Crippen LogP contribution >= 0.6 is 15.9 Å². The number of hydrogen-bond donors (Lipinski definition) is 1. The molecule has 5 nitrogen and oxygen atoms in total. The molecule has 0 aliphatic rings. The van der Waals surface area contributed by atoms with Gasteiger partial charge in [0.1, 0.15) is 21.7 Å². The zero-order valence-electron chi connectivity index (χ0n) is 12.8. The van der Waals surface area contributed by atoms with Crippen LogP contribution < -0.4 is 19.5 Å². The zero-order valence-corrected chi connectivity index (χ0v) is 14.4. The van der Waals surface area contributed by atoms with Gasteiger partial charge in [0.05, 0.1) is 19.9 Å². The Morgan fingerprint density at radius 3 is 2.21 bits per heavy atom. The molecule has 0 saturated carbocycles. The maximum absolute atomic E-state index is 12.4. The number of nitrogens with one attached hydrogen (secondary N) is 1. The Morgan fingerprint density at radius 2 is 1.67 bits per heavy atom. The second kappa shape index (κ2) is 7.96. The Morgan fingerprint density at radius 1 is 1.08 bits per heavy atom. The molecule has 2 aromatic rings. The fourth-order valence-corrected chi connectivity index (χ4v) is 2.52. The summed E-state index contributed by atoms with van der Waals surface area (Å²) in [5, 5.41) is 2.53. The third-order valence-electron chi connectivity index (χ3n) is 3.06. The summed E-state index contributed by atoms with van der Waals surface area (Å²) in [4.78, 5) is 12.4. The molecular weight excluding hydrogens is 388 g/mol. The van der Waals surface area contributed by atoms with Crippen molar-refractivity contribution in [1.29, 1.82) is 0 Å². The molecule has 1 N–H and O–H groups in total. The number of rotatable bonds is 6. The van der Waals surface area contributed by atoms with Crippen LogP contribution in [0.15, 0.2) is 40.9 Å². The van der Waals surface area contributed by atoms with Crippen LogP contribution in [0.25, 0.3) is 0 Å². The van der Waals surface area contributed by atoms with Gasteiger partial charge in [-0.15, -0.1) is 0 Å². The van der Waals surface area contributed by atoms with Crippen LogP contribution in [0.2, 0.25) is 0 Å². The molecule has 24 heavy (non-hydrogen) atoms. The number of carbonyl (C=O) groups is 1. The molecule has 0 radical (unpaired) electrons. The summed E-state index contributed by atoms with van der Waals surface area (Å²) >= 11 is 3.31. The lowest BCUT2D eigenvalue weighted by atomic mass is 10.1. The van der Waals surface area contributed by atoms with Crippen molar-refractivity contribution in [2.45, 2.75) is 6.61 Å². The minimum Gasteiger partial charge on any atom is -0.495 e. The lowest BCUT2D eigenvalue weighted by Gasteiger charge is -2.14. The predicted molar refractivity (Wildman–Crippen MR) is 88.3 cm³/mol. The standard InChI is InChI=1S/C16H14BrF2NO4/c1-22-12-7-9(8-13(23-2)14(12)17)15(21)20-10-5-3-4-6-11(10)24-16(18)19/h3-8,16H,1-2H3,(H,20,21). The normalized spacial score (nSPS) is 10.4. The van der Waals surface area contributed by atoms with Crippen molar-refractivity contribution in [2.75, 3.05) is 19.5 Å². The summed E-state index contributed by atoms with van der Waals surface area (Å²) in [6, 6.07) is 8.92. The van der Waals surface area contributed by atoms with Gasteiger partial charge < -0.3 is 19.5 Å². The number of methoxy groups -OCH3 is 2. The first-order valence-electron chi connectivity index (χ1n) is 6.73. The van der Waals surface area contributed by atoms with E-state index in [0.29, 0.717) is 16.0 Å². The van der Waals surface area contributed by atoms with E-state index in [1.165, 1.54) is 44.6 Å². The van der Waals surface area contributed by atoms with Crippen molar-refractivity contribution in [1.82, 2.24) is 0 Å². The van der Waals surface area contributed by atoms with Crippen LogP contribution in [0.5, 0.6) is 17.2 Å². The van der Waals surface area contributed by atoms with E-state index in [0.717, 1.165) is 0 Å². The molecule has 1 amide bonds. The highest BCUT2D eigenvalue weighted by Crippen LogP contribution is 2.36. The summed E-state index contributed by atoms with van der Waals surface area (Å²) in [5.41, 5.74) is 0.363. The molecule has 0 saturated heterocycles. The van der Waals surface area contributed by atoms with E-state index < -0.39 is 12.5 Å². The first kappa shape index (κ1) is 18.0. The highest BCUT2D eigenvalue weighted by Gasteiger charge is 2.17. The summed E-state index contributed by atoms with van der Waals surface area (Å²) in [7, 11) is 2.90. The van der Waals surface area contributed by atoms with Gasteiger partial charge in [-0.05, 0) is 40.2 Å². The fraction of sp³-hybridized carbons (Fsp3) is 0.188. The topological polar surface area (TPSA) is 56.8 Å². The summed E-state index contributed by atoms with van der Waals surface area (Å²) in [6.45, 7) is -2.99. The molecule has 0 aromatic heterocycles. The van der Waals surface area contributed by atoms with E-state index in [1.54, 1.807) is 6.07 Å². The second-order valence-corrected chi connectivity index (χ2v) is 5.32. The molecule has 0 atom stereocenters. The van der Waals surface area contributed by atoms with E-state index >= 15 is 0 Å². The number of anilines is 1. The Labute approximate surface area is 145 Å². The third kappa shape index (κ3) is 4.14. The first-order chi connectivity index (χ1) is 11.5. The third-order valence-corrected chi connectivity index (χ3v) is 3.84. The summed E-state index contributed by atoms with van der Waals surface area (Å²) in [6.07, 6.45) is 0. The van der Waals surface area contributed by atoms with Gasteiger partial charge in [0, 0.05) is 5.56 Å². The van der Waals surface area contributed by atoms with E-state index in [-0.39, 0.29) is 17.0 Å². The highest BCUT2D eigenvalue weighted by atomic mass is 79.9. The molecule has 0 aliphatic carbocycles. The first-order valence-corrected chi connectivity index (χ1v) is 7.52. The molecule has 2 rings (SSSR count). The van der Waals surface area contributed by atoms with Gasteiger partial charge in [-0.25, -0.2) is 0 Å². The SMILES string of the molecule is COc1cc(C(=O)Nc2ccccc2OC(F)F)cc(OC)c1Br. The van der Waals surface area contributed by atoms with Gasteiger partial charge in [-0.3, -0.25) is 4.79 Å². The molecule has 0 aliphatic heterocycles. The minimum atomic E-state index is -2.99. The van der Waals surface area contributed by atoms with E-state index in [1.807, 2.05) is 0 Å². The van der Waals surface area contributed by atoms with E-state index in [2.05, 4.69) is 26.0 Å². The summed E-state index contributed by atoms with van der Waals surface area (Å²) < 4.78 is 40.2. The van der Waals surface area contributed by atoms with Crippen molar-refractivity contribution in [3.8, 4) is 17.2 Å². The predicted octanol–water partition coefficient (Wildman–Crippen LogP) is 4.32. The number of ether oxygens (including phenoxy) is 3. The molecule has 0 heterocycles. The van der Waals surface area contributed by atoms with Gasteiger partial charge in [-0.1, -0.05) is 12.1 Å². The van der Waals surface area contributed by atoms with Gasteiger partial charge in [0.2, 0.25) is 0 Å². The maximum Gasteiger partial charge on any atom is 0.387 e. The second-order valence-electron chi connectivity index (χ2n) is 4.52. The quantitative estimate of drug-likeness (QED) is 0.782. The average Bonchev–Trinajstić information content (AvgIpc) is 2.56. The van der Waals surface area contributed by atoms with Crippen molar-refractivity contribution in [3.05, 3.63) is 46.4 Å². The molecule has 0 fully saturated rings. The van der Waals surface area contributed by atoms with Gasteiger partial charge in [0.25, 0.3) is 5.91 Å². The number of alkyl halides is 2. The number of benzene rings is 2. The highest BCUT2D eigenvalue weighted by molar-refractivity contribution is 9.10. The van der Waals surface area contributed by atoms with Crippen LogP contribution in [0, 0.1) is 0 Å². The maximum atomic E-state index is 12.4. The Bertz CT molecular complexity index is 715. The minimum absolute atomic E-state index is 0.128. The lowest BCUT2D eigenvalue weighted by Crippen LogP contribution is -2.14. The number of amides is 1. The lowest BCUT2D eigenvalue weighted by molar-refractivity contribution is -0.0493. The van der Waals surface area contributed by atoms with Crippen LogP contribution in [0.1, 0.15) is 10.4 Å². The molecule has 0 unspecified atom stereocenters. The smallest absolute Gasteiger partial charge is 0.387 e. The van der Waals surface area contributed by atoms with Crippen LogP contribution in [0.3, 0.4) is 0 Å². The van der Waals surface area contributed by atoms with Crippen LogP contribution in [-0.2, 0) is 0 Å². The largest absolute Gasteiger partial charge is 0.495 e. The molecule has 128 valence electrons. The van der Waals surface area contributed by atoms with Gasteiger partial charge in [0.15, 0.2) is 0 Å². The number of hydrogen-bond acceptors (Lipinski definition) is 4. The average molecular weight is 402 g/mol. The Hall–Kier alpha value is -2.35. The van der Waals surface area contributed by atoms with Gasteiger partial charge in [-0.2, -0.15) is 8.78 Å². The fourth-order valence-electron chi connectivity index (χ4n) is 1.96. The number of para-hydroxylation sites is 2. The Balaban J connectivity index is 2.31. The van der Waals surface area contributed by atoms with Gasteiger partial charge >= 0.3 is 6.61 Å². The van der Waals surface area contributed by atoms with Crippen molar-refractivity contribution < 1.29 is 27.8 Å². The molecule has 2 aromatic carbocycles. The van der Waals surface area contributed by atoms with Crippen molar-refractivity contribution in [2.24, 2.45) is 0 Å². The molecule has 8 heteroatoms. The van der Waals surface area contributed by atoms with Crippen molar-refractivity contribution >= 4 is 27.5 Å². The van der Waals surface area contributed by atoms with E-state index in [4.69, 9.17) is 9.47 Å².